The Hall–Kier alpha value is -1.43. The number of thiophene rings is 1. The Labute approximate surface area is 122 Å². The molecule has 0 amide bonds. The standard InChI is InChI=1S/C14H20N2O3S/c1-9(17)12-7-11(16(18)19)13(20-12)15-6-5-10(8-15)14(2,3)4/h7,10H,5-6,8H2,1-4H3. The number of nitrogens with zero attached hydrogens (tertiary/aromatic N) is 2. The third kappa shape index (κ3) is 2.85. The summed E-state index contributed by atoms with van der Waals surface area (Å²) in [5.74, 6) is 0.404. The molecule has 1 aromatic heterocycles. The van der Waals surface area contributed by atoms with E-state index in [1.165, 1.54) is 24.3 Å². The van der Waals surface area contributed by atoms with E-state index in [1.807, 2.05) is 0 Å². The summed E-state index contributed by atoms with van der Waals surface area (Å²) in [6.07, 6.45) is 1.04. The largest absolute Gasteiger partial charge is 0.357 e. The van der Waals surface area contributed by atoms with E-state index in [1.54, 1.807) is 0 Å². The molecule has 5 nitrogen and oxygen atoms in total. The minimum atomic E-state index is -0.386. The molecule has 1 unspecified atom stereocenters. The molecule has 2 rings (SSSR count). The van der Waals surface area contributed by atoms with Crippen molar-refractivity contribution in [1.82, 2.24) is 0 Å². The zero-order valence-corrected chi connectivity index (χ0v) is 13.1. The van der Waals surface area contributed by atoms with Crippen molar-refractivity contribution < 1.29 is 9.72 Å². The average molecular weight is 296 g/mol. The molecule has 1 fully saturated rings. The first kappa shape index (κ1) is 15.0. The summed E-state index contributed by atoms with van der Waals surface area (Å²) < 4.78 is 0. The van der Waals surface area contributed by atoms with Crippen molar-refractivity contribution in [3.63, 3.8) is 0 Å². The van der Waals surface area contributed by atoms with E-state index >= 15 is 0 Å². The van der Waals surface area contributed by atoms with Crippen molar-refractivity contribution in [3.8, 4) is 0 Å². The van der Waals surface area contributed by atoms with Gasteiger partial charge in [-0.15, -0.1) is 11.3 Å². The lowest BCUT2D eigenvalue weighted by atomic mass is 9.80. The second kappa shape index (κ2) is 5.16. The molecule has 0 spiro atoms. The van der Waals surface area contributed by atoms with Gasteiger partial charge in [-0.1, -0.05) is 20.8 Å². The lowest BCUT2D eigenvalue weighted by Gasteiger charge is -2.26. The van der Waals surface area contributed by atoms with Crippen molar-refractivity contribution in [1.29, 1.82) is 0 Å². The fourth-order valence-corrected chi connectivity index (χ4v) is 3.61. The molecule has 110 valence electrons. The van der Waals surface area contributed by atoms with E-state index in [2.05, 4.69) is 25.7 Å². The maximum atomic E-state index is 11.4. The lowest BCUT2D eigenvalue weighted by Crippen LogP contribution is -2.25. The Morgan fingerprint density at radius 2 is 2.15 bits per heavy atom. The second-order valence-corrected chi connectivity index (χ2v) is 7.44. The number of anilines is 1. The van der Waals surface area contributed by atoms with Crippen LogP contribution in [0.3, 0.4) is 0 Å². The van der Waals surface area contributed by atoms with Crippen LogP contribution in [0.15, 0.2) is 6.07 Å². The van der Waals surface area contributed by atoms with Gasteiger partial charge in [0.15, 0.2) is 10.8 Å². The minimum Gasteiger partial charge on any atom is -0.357 e. The minimum absolute atomic E-state index is 0.0646. The summed E-state index contributed by atoms with van der Waals surface area (Å²) >= 11 is 1.24. The van der Waals surface area contributed by atoms with Gasteiger partial charge in [-0.25, -0.2) is 0 Å². The SMILES string of the molecule is CC(=O)c1cc([N+](=O)[O-])c(N2CCC(C(C)(C)C)C2)s1. The molecule has 6 heteroatoms. The maximum Gasteiger partial charge on any atom is 0.304 e. The number of ketones is 1. The monoisotopic (exact) mass is 296 g/mol. The van der Waals surface area contributed by atoms with Gasteiger partial charge in [-0.05, 0) is 24.7 Å². The molecule has 0 aromatic carbocycles. The first-order valence-corrected chi connectivity index (χ1v) is 7.56. The first-order valence-electron chi connectivity index (χ1n) is 6.74. The molecule has 0 saturated carbocycles. The van der Waals surface area contributed by atoms with Crippen LogP contribution < -0.4 is 4.90 Å². The highest BCUT2D eigenvalue weighted by Crippen LogP contribution is 2.43. The smallest absolute Gasteiger partial charge is 0.304 e. The lowest BCUT2D eigenvalue weighted by molar-refractivity contribution is -0.383. The van der Waals surface area contributed by atoms with Crippen LogP contribution in [0.25, 0.3) is 0 Å². The van der Waals surface area contributed by atoms with Crippen molar-refractivity contribution in [3.05, 3.63) is 21.1 Å². The topological polar surface area (TPSA) is 63.4 Å². The van der Waals surface area contributed by atoms with Crippen LogP contribution in [0.5, 0.6) is 0 Å². The van der Waals surface area contributed by atoms with Gasteiger partial charge in [0.25, 0.3) is 0 Å². The number of hydrogen-bond acceptors (Lipinski definition) is 5. The third-order valence-corrected chi connectivity index (χ3v) is 5.22. The molecule has 1 atom stereocenters. The molecule has 0 bridgehead atoms. The summed E-state index contributed by atoms with van der Waals surface area (Å²) in [6, 6.07) is 1.41. The van der Waals surface area contributed by atoms with Crippen molar-refractivity contribution >= 4 is 27.8 Å². The molecule has 1 aliphatic heterocycles. The normalized spacial score (nSPS) is 19.4. The predicted octanol–water partition coefficient (Wildman–Crippen LogP) is 3.73. The van der Waals surface area contributed by atoms with Gasteiger partial charge >= 0.3 is 5.69 Å². The number of carbonyl (C=O) groups excluding carboxylic acids is 1. The summed E-state index contributed by atoms with van der Waals surface area (Å²) in [4.78, 5) is 24.7. The van der Waals surface area contributed by atoms with Crippen molar-refractivity contribution in [2.24, 2.45) is 11.3 Å². The molecule has 0 radical (unpaired) electrons. The first-order chi connectivity index (χ1) is 9.20. The van der Waals surface area contributed by atoms with Crippen LogP contribution in [0.4, 0.5) is 10.7 Å². The number of nitro groups is 1. The summed E-state index contributed by atoms with van der Waals surface area (Å²) in [5.41, 5.74) is 0.263. The van der Waals surface area contributed by atoms with Crippen LogP contribution in [-0.2, 0) is 0 Å². The molecule has 1 aliphatic rings. The van der Waals surface area contributed by atoms with E-state index < -0.39 is 0 Å². The Morgan fingerprint density at radius 3 is 2.60 bits per heavy atom. The quantitative estimate of drug-likeness (QED) is 0.484. The highest BCUT2D eigenvalue weighted by Gasteiger charge is 2.35. The number of Topliss-reactive ketones (excluding diaryl/α,β-unsaturated/α-hetero) is 1. The fraction of sp³-hybridized carbons (Fsp3) is 0.643. The molecule has 0 aliphatic carbocycles. The zero-order valence-electron chi connectivity index (χ0n) is 12.3. The summed E-state index contributed by atoms with van der Waals surface area (Å²) in [6.45, 7) is 9.69. The average Bonchev–Trinajstić information content (AvgIpc) is 2.94. The number of carbonyl (C=O) groups is 1. The van der Waals surface area contributed by atoms with Gasteiger partial charge in [0, 0.05) is 19.2 Å². The van der Waals surface area contributed by atoms with Gasteiger partial charge in [0.1, 0.15) is 0 Å². The molecular formula is C14H20N2O3S. The second-order valence-electron chi connectivity index (χ2n) is 6.41. The molecular weight excluding hydrogens is 276 g/mol. The van der Waals surface area contributed by atoms with Gasteiger partial charge in [-0.3, -0.25) is 14.9 Å². The van der Waals surface area contributed by atoms with Crippen LogP contribution in [0.1, 0.15) is 43.8 Å². The Kier molecular flexibility index (Phi) is 3.86. The molecule has 2 heterocycles. The van der Waals surface area contributed by atoms with Crippen LogP contribution >= 0.6 is 11.3 Å². The number of rotatable bonds is 3. The molecule has 1 aromatic rings. The maximum absolute atomic E-state index is 11.4. The third-order valence-electron chi connectivity index (χ3n) is 3.94. The van der Waals surface area contributed by atoms with Crippen molar-refractivity contribution in [2.75, 3.05) is 18.0 Å². The van der Waals surface area contributed by atoms with Crippen molar-refractivity contribution in [2.45, 2.75) is 34.1 Å². The van der Waals surface area contributed by atoms with E-state index in [0.29, 0.717) is 15.8 Å². The highest BCUT2D eigenvalue weighted by molar-refractivity contribution is 7.18. The van der Waals surface area contributed by atoms with Crippen LogP contribution in [0.2, 0.25) is 0 Å². The highest BCUT2D eigenvalue weighted by atomic mass is 32.1. The molecule has 0 N–H and O–H groups in total. The Balaban J connectivity index is 2.29. The van der Waals surface area contributed by atoms with E-state index in [4.69, 9.17) is 0 Å². The fourth-order valence-electron chi connectivity index (χ4n) is 2.55. The van der Waals surface area contributed by atoms with E-state index in [0.717, 1.165) is 19.5 Å². The van der Waals surface area contributed by atoms with Crippen LogP contribution in [-0.4, -0.2) is 23.8 Å². The van der Waals surface area contributed by atoms with E-state index in [9.17, 15) is 14.9 Å². The number of hydrogen-bond donors (Lipinski definition) is 0. The Morgan fingerprint density at radius 1 is 1.50 bits per heavy atom. The predicted molar refractivity (Wildman–Crippen MR) is 80.8 cm³/mol. The van der Waals surface area contributed by atoms with Gasteiger partial charge < -0.3 is 4.90 Å². The van der Waals surface area contributed by atoms with Crippen LogP contribution in [0, 0.1) is 21.4 Å². The van der Waals surface area contributed by atoms with Gasteiger partial charge in [-0.2, -0.15) is 0 Å². The zero-order chi connectivity index (χ0) is 15.1. The van der Waals surface area contributed by atoms with Gasteiger partial charge in [0.2, 0.25) is 0 Å². The van der Waals surface area contributed by atoms with Gasteiger partial charge in [0.05, 0.1) is 9.80 Å². The summed E-state index contributed by atoms with van der Waals surface area (Å²) in [7, 11) is 0. The molecule has 1 saturated heterocycles. The Bertz CT molecular complexity index is 545. The molecule has 20 heavy (non-hydrogen) atoms. The van der Waals surface area contributed by atoms with E-state index in [-0.39, 0.29) is 21.8 Å². The summed E-state index contributed by atoms with van der Waals surface area (Å²) in [5, 5.41) is 11.8.